The van der Waals surface area contributed by atoms with Gasteiger partial charge < -0.3 is 0 Å². The standard InChI is InChI=1S/2C19H19.C2H7Si.2ClH.Zr/c2*1-12-8-16-6-5-7-17(19(16)9-12)18-11-14(3)13(2)10-15(18)4;1-3-2;;;/h2*5-11H,1-4H3;3H,1-2H3;2*1H;/q;;;;;+2/p-2. The first kappa shape index (κ1) is 32.0. The normalized spacial score (nSPS) is 18.5. The Hall–Kier alpha value is -1.96. The van der Waals surface area contributed by atoms with Gasteiger partial charge in [0, 0.05) is 0 Å². The minimum absolute atomic E-state index is 0.0968. The Kier molecular flexibility index (Phi) is 8.06. The van der Waals surface area contributed by atoms with Gasteiger partial charge in [0.25, 0.3) is 0 Å². The number of benzene rings is 4. The van der Waals surface area contributed by atoms with Crippen LogP contribution >= 0.6 is 17.0 Å². The van der Waals surface area contributed by atoms with Crippen molar-refractivity contribution in [2.75, 3.05) is 0 Å². The molecular weight excluding hydrogens is 671 g/mol. The van der Waals surface area contributed by atoms with Gasteiger partial charge in [0.15, 0.2) is 0 Å². The summed E-state index contributed by atoms with van der Waals surface area (Å²) in [6, 6.07) is 23.1. The minimum atomic E-state index is -4.72. The van der Waals surface area contributed by atoms with Crippen LogP contribution in [0.1, 0.15) is 76.7 Å². The summed E-state index contributed by atoms with van der Waals surface area (Å²) in [5.74, 6) is -1.59. The van der Waals surface area contributed by atoms with Crippen molar-refractivity contribution in [3.63, 3.8) is 0 Å². The molecule has 2 aliphatic carbocycles. The van der Waals surface area contributed by atoms with E-state index < -0.39 is 21.5 Å². The number of hydrogen-bond acceptors (Lipinski definition) is 0. The zero-order valence-electron chi connectivity index (χ0n) is 27.9. The molecular formula is C40H45Cl2SiZr. The van der Waals surface area contributed by atoms with Gasteiger partial charge in [-0.1, -0.05) is 0 Å². The Bertz CT molecular complexity index is 1790. The molecule has 0 fully saturated rings. The second kappa shape index (κ2) is 11.1. The topological polar surface area (TPSA) is 0 Å². The molecule has 4 aromatic rings. The van der Waals surface area contributed by atoms with E-state index in [0.29, 0.717) is 0 Å². The Morgan fingerprint density at radius 3 is 1.23 bits per heavy atom. The molecule has 2 atom stereocenters. The van der Waals surface area contributed by atoms with Crippen molar-refractivity contribution in [2.24, 2.45) is 0 Å². The van der Waals surface area contributed by atoms with Crippen molar-refractivity contribution >= 4 is 35.1 Å². The summed E-state index contributed by atoms with van der Waals surface area (Å²) in [7, 11) is 17.0. The van der Waals surface area contributed by atoms with Gasteiger partial charge >= 0.3 is 276 Å². The van der Waals surface area contributed by atoms with Crippen LogP contribution in [0.4, 0.5) is 0 Å². The summed E-state index contributed by atoms with van der Waals surface area (Å²) < 4.78 is 0.194. The molecule has 0 bridgehead atoms. The maximum absolute atomic E-state index is 8.49. The molecule has 0 heterocycles. The second-order valence-corrected chi connectivity index (χ2v) is 56.6. The predicted molar refractivity (Wildman–Crippen MR) is 196 cm³/mol. The van der Waals surface area contributed by atoms with Crippen LogP contribution in [0.2, 0.25) is 13.1 Å². The van der Waals surface area contributed by atoms with E-state index in [0.717, 1.165) is 0 Å². The fourth-order valence-electron chi connectivity index (χ4n) is 8.37. The van der Waals surface area contributed by atoms with E-state index in [2.05, 4.69) is 141 Å². The van der Waals surface area contributed by atoms with Crippen LogP contribution < -0.4 is 0 Å². The first-order chi connectivity index (χ1) is 20.6. The average molecular weight is 716 g/mol. The summed E-state index contributed by atoms with van der Waals surface area (Å²) in [6.07, 6.45) is 4.84. The van der Waals surface area contributed by atoms with Crippen molar-refractivity contribution < 1.29 is 15.6 Å². The number of rotatable bonds is 5. The van der Waals surface area contributed by atoms with Gasteiger partial charge in [-0.3, -0.25) is 0 Å². The maximum atomic E-state index is 8.49. The summed E-state index contributed by atoms with van der Waals surface area (Å²) in [5, 5.41) is 0. The van der Waals surface area contributed by atoms with Crippen LogP contribution in [-0.2, 0) is 15.6 Å². The van der Waals surface area contributed by atoms with Crippen LogP contribution in [0.5, 0.6) is 0 Å². The Balaban J connectivity index is 1.56. The fourth-order valence-corrected chi connectivity index (χ4v) is 41.3. The fraction of sp³-hybridized carbons (Fsp3) is 0.300. The van der Waals surface area contributed by atoms with E-state index in [1.807, 2.05) is 0 Å². The van der Waals surface area contributed by atoms with Crippen LogP contribution in [0.15, 0.2) is 71.8 Å². The monoisotopic (exact) mass is 713 g/mol. The zero-order valence-corrected chi connectivity index (χ0v) is 33.0. The van der Waals surface area contributed by atoms with Crippen LogP contribution in [-0.4, -0.2) is 5.92 Å². The molecule has 2 unspecified atom stereocenters. The van der Waals surface area contributed by atoms with Crippen LogP contribution in [0.25, 0.3) is 34.4 Å². The van der Waals surface area contributed by atoms with Crippen LogP contribution in [0.3, 0.4) is 0 Å². The third-order valence-electron chi connectivity index (χ3n) is 11.0. The van der Waals surface area contributed by atoms with Gasteiger partial charge in [-0.15, -0.1) is 0 Å². The molecule has 0 spiro atoms. The van der Waals surface area contributed by atoms with Crippen molar-refractivity contribution in [3.8, 4) is 22.3 Å². The van der Waals surface area contributed by atoms with E-state index in [9.17, 15) is 0 Å². The van der Waals surface area contributed by atoms with Gasteiger partial charge in [-0.05, 0) is 0 Å². The average Bonchev–Trinajstić information content (AvgIpc) is 3.49. The van der Waals surface area contributed by atoms with Gasteiger partial charge in [-0.2, -0.15) is 0 Å². The van der Waals surface area contributed by atoms with Crippen molar-refractivity contribution in [1.82, 2.24) is 0 Å². The quantitative estimate of drug-likeness (QED) is 0.181. The van der Waals surface area contributed by atoms with Crippen molar-refractivity contribution in [2.45, 2.75) is 75.7 Å². The third-order valence-corrected chi connectivity index (χ3v) is 63.3. The van der Waals surface area contributed by atoms with Gasteiger partial charge in [0.05, 0.1) is 0 Å². The molecule has 44 heavy (non-hydrogen) atoms. The molecule has 0 radical (unpaired) electrons. The molecule has 0 aliphatic heterocycles. The first-order valence-corrected chi connectivity index (χ1v) is 32.3. The molecule has 0 saturated heterocycles. The van der Waals surface area contributed by atoms with E-state index in [4.69, 9.17) is 17.0 Å². The number of hydrogen-bond donors (Lipinski definition) is 0. The van der Waals surface area contributed by atoms with E-state index in [1.165, 1.54) is 89.0 Å². The molecule has 0 saturated carbocycles. The first-order valence-electron chi connectivity index (χ1n) is 16.0. The molecule has 6 rings (SSSR count). The molecule has 227 valence electrons. The number of aryl methyl sites for hydroxylation is 6. The van der Waals surface area contributed by atoms with Gasteiger partial charge in [0.1, 0.15) is 0 Å². The summed E-state index contributed by atoms with van der Waals surface area (Å²) in [6.45, 7) is 22.7. The Labute approximate surface area is 274 Å². The number of halogens is 2. The summed E-state index contributed by atoms with van der Waals surface area (Å²) in [5.41, 5.74) is 21.2. The van der Waals surface area contributed by atoms with Crippen molar-refractivity contribution in [1.29, 1.82) is 0 Å². The second-order valence-electron chi connectivity index (χ2n) is 14.1. The number of fused-ring (bicyclic) bond motifs is 2. The summed E-state index contributed by atoms with van der Waals surface area (Å²) >= 11 is -4.72. The molecule has 0 aromatic heterocycles. The molecule has 0 N–H and O–H groups in total. The van der Waals surface area contributed by atoms with Gasteiger partial charge in [0.2, 0.25) is 0 Å². The number of allylic oxidation sites excluding steroid dienone is 2. The van der Waals surface area contributed by atoms with Crippen molar-refractivity contribution in [3.05, 3.63) is 127 Å². The predicted octanol–water partition coefficient (Wildman–Crippen LogP) is 12.5. The van der Waals surface area contributed by atoms with E-state index in [-0.39, 0.29) is 7.25 Å². The van der Waals surface area contributed by atoms with Crippen LogP contribution in [0, 0.1) is 41.5 Å². The Morgan fingerprint density at radius 1 is 0.500 bits per heavy atom. The van der Waals surface area contributed by atoms with Gasteiger partial charge in [-0.25, -0.2) is 0 Å². The zero-order chi connectivity index (χ0) is 31.9. The molecule has 2 aliphatic rings. The van der Waals surface area contributed by atoms with E-state index in [1.54, 1.807) is 0 Å². The Morgan fingerprint density at radius 2 is 0.864 bits per heavy atom. The molecule has 4 heteroatoms. The molecule has 4 aromatic carbocycles. The third kappa shape index (κ3) is 4.69. The SMILES string of the molecule is CC1=Cc2c(-c3cc(C)c(C)cc3C)cccc2[CH]1[Zr]([Cl])([Cl])([CH]1C(C)=Cc2c(-c3cc(C)c(C)cc3C)cccc21)[SiH](C)C. The van der Waals surface area contributed by atoms with E-state index >= 15 is 0 Å². The molecule has 0 amide bonds. The molecule has 0 nitrogen and oxygen atoms in total. The summed E-state index contributed by atoms with van der Waals surface area (Å²) in [4.78, 5) is 0.